The Bertz CT molecular complexity index is 1090. The number of carbonyl (C=O) groups excluding carboxylic acids is 1. The van der Waals surface area contributed by atoms with Crippen LogP contribution in [0, 0.1) is 0 Å². The number of Topliss-reactive ketones (excluding diaryl/α,β-unsaturated/α-hetero) is 1. The zero-order valence-corrected chi connectivity index (χ0v) is 16.5. The molecule has 0 saturated carbocycles. The first kappa shape index (κ1) is 18.0. The van der Waals surface area contributed by atoms with Crippen LogP contribution in [0.5, 0.6) is 0 Å². The lowest BCUT2D eigenvalue weighted by atomic mass is 9.79. The maximum absolute atomic E-state index is 13.4. The largest absolute Gasteiger partial charge is 0.371 e. The highest BCUT2D eigenvalue weighted by atomic mass is 35.5. The molecular formula is C24H20ClN3O. The second-order valence-electron chi connectivity index (χ2n) is 7.47. The number of para-hydroxylation sites is 2. The number of carbonyl (C=O) groups is 1. The summed E-state index contributed by atoms with van der Waals surface area (Å²) in [6, 6.07) is 21.4. The first-order valence-electron chi connectivity index (χ1n) is 9.74. The van der Waals surface area contributed by atoms with E-state index in [9.17, 15) is 4.79 Å². The van der Waals surface area contributed by atoms with Crippen molar-refractivity contribution in [3.8, 4) is 0 Å². The van der Waals surface area contributed by atoms with Crippen molar-refractivity contribution in [1.82, 2.24) is 4.98 Å². The highest BCUT2D eigenvalue weighted by molar-refractivity contribution is 6.30. The molecule has 0 unspecified atom stereocenters. The monoisotopic (exact) mass is 401 g/mol. The third-order valence-corrected chi connectivity index (χ3v) is 5.89. The lowest BCUT2D eigenvalue weighted by Crippen LogP contribution is -2.27. The fourth-order valence-corrected chi connectivity index (χ4v) is 4.36. The van der Waals surface area contributed by atoms with E-state index in [-0.39, 0.29) is 17.7 Å². The van der Waals surface area contributed by atoms with Crippen LogP contribution in [-0.2, 0) is 4.79 Å². The predicted molar refractivity (Wildman–Crippen MR) is 116 cm³/mol. The van der Waals surface area contributed by atoms with E-state index in [0.717, 1.165) is 40.3 Å². The molecule has 2 aromatic carbocycles. The molecular weight excluding hydrogens is 382 g/mol. The van der Waals surface area contributed by atoms with Gasteiger partial charge in [0.05, 0.1) is 23.1 Å². The molecule has 2 N–H and O–H groups in total. The average molecular weight is 402 g/mol. The molecule has 1 aliphatic carbocycles. The summed E-state index contributed by atoms with van der Waals surface area (Å²) in [6.45, 7) is 0. The molecule has 0 spiro atoms. The zero-order chi connectivity index (χ0) is 19.8. The number of rotatable bonds is 2. The van der Waals surface area contributed by atoms with Crippen LogP contribution in [0.4, 0.5) is 11.4 Å². The van der Waals surface area contributed by atoms with Crippen molar-refractivity contribution >= 4 is 28.8 Å². The van der Waals surface area contributed by atoms with Crippen LogP contribution >= 0.6 is 11.6 Å². The normalized spacial score (nSPS) is 20.8. The van der Waals surface area contributed by atoms with Crippen molar-refractivity contribution in [2.75, 3.05) is 10.6 Å². The number of pyridine rings is 1. The smallest absolute Gasteiger partial charge is 0.163 e. The summed E-state index contributed by atoms with van der Waals surface area (Å²) < 4.78 is 0. The van der Waals surface area contributed by atoms with E-state index < -0.39 is 0 Å². The summed E-state index contributed by atoms with van der Waals surface area (Å²) in [5.74, 6) is 0.273. The lowest BCUT2D eigenvalue weighted by Gasteiger charge is -2.29. The molecule has 29 heavy (non-hydrogen) atoms. The number of anilines is 2. The number of nitrogens with one attached hydrogen (secondary N) is 2. The highest BCUT2D eigenvalue weighted by Gasteiger charge is 2.36. The number of nitrogens with zero attached hydrogens (tertiary/aromatic N) is 1. The maximum atomic E-state index is 13.4. The van der Waals surface area contributed by atoms with Crippen molar-refractivity contribution in [1.29, 1.82) is 0 Å². The number of hydrogen-bond donors (Lipinski definition) is 2. The molecule has 2 aliphatic rings. The van der Waals surface area contributed by atoms with E-state index in [4.69, 9.17) is 11.6 Å². The molecule has 0 amide bonds. The van der Waals surface area contributed by atoms with Gasteiger partial charge in [0.2, 0.25) is 0 Å². The summed E-state index contributed by atoms with van der Waals surface area (Å²) in [5.41, 5.74) is 5.67. The van der Waals surface area contributed by atoms with Crippen LogP contribution in [0.1, 0.15) is 36.1 Å². The van der Waals surface area contributed by atoms with E-state index in [1.807, 2.05) is 66.7 Å². The molecule has 0 fully saturated rings. The number of aromatic nitrogens is 1. The van der Waals surface area contributed by atoms with Crippen LogP contribution in [0.15, 0.2) is 84.2 Å². The third-order valence-electron chi connectivity index (χ3n) is 5.63. The van der Waals surface area contributed by atoms with Gasteiger partial charge in [0.25, 0.3) is 0 Å². The Balaban J connectivity index is 1.60. The maximum Gasteiger partial charge on any atom is 0.163 e. The minimum absolute atomic E-state index is 0.126. The van der Waals surface area contributed by atoms with E-state index >= 15 is 0 Å². The van der Waals surface area contributed by atoms with Crippen molar-refractivity contribution in [3.63, 3.8) is 0 Å². The number of benzene rings is 2. The Hall–Kier alpha value is -3.11. The molecule has 3 aromatic rings. The summed E-state index contributed by atoms with van der Waals surface area (Å²) in [5, 5.41) is 7.80. The lowest BCUT2D eigenvalue weighted by molar-refractivity contribution is -0.116. The van der Waals surface area contributed by atoms with Gasteiger partial charge in [-0.1, -0.05) is 41.9 Å². The number of hydrogen-bond acceptors (Lipinski definition) is 4. The number of allylic oxidation sites excluding steroid dienone is 1. The van der Waals surface area contributed by atoms with Crippen LogP contribution in [0.3, 0.4) is 0 Å². The number of halogens is 1. The van der Waals surface area contributed by atoms with Gasteiger partial charge in [-0.15, -0.1) is 0 Å². The Morgan fingerprint density at radius 3 is 2.41 bits per heavy atom. The molecule has 0 bridgehead atoms. The van der Waals surface area contributed by atoms with E-state index in [1.165, 1.54) is 0 Å². The topological polar surface area (TPSA) is 54.0 Å². The van der Waals surface area contributed by atoms with Crippen molar-refractivity contribution in [3.05, 3.63) is 100 Å². The first-order valence-corrected chi connectivity index (χ1v) is 10.1. The second kappa shape index (κ2) is 7.37. The summed E-state index contributed by atoms with van der Waals surface area (Å²) in [4.78, 5) is 17.9. The van der Waals surface area contributed by atoms with Crippen LogP contribution < -0.4 is 10.6 Å². The summed E-state index contributed by atoms with van der Waals surface area (Å²) in [7, 11) is 0. The molecule has 2 heterocycles. The minimum Gasteiger partial charge on any atom is -0.371 e. The molecule has 2 atom stereocenters. The fraction of sp³-hybridized carbons (Fsp3) is 0.167. The summed E-state index contributed by atoms with van der Waals surface area (Å²) in [6.07, 6.45) is 3.01. The van der Waals surface area contributed by atoms with Crippen LogP contribution in [-0.4, -0.2) is 10.8 Å². The summed E-state index contributed by atoms with van der Waals surface area (Å²) >= 11 is 6.05. The van der Waals surface area contributed by atoms with E-state index in [2.05, 4.69) is 15.6 Å². The van der Waals surface area contributed by atoms with Gasteiger partial charge in [0.1, 0.15) is 0 Å². The Morgan fingerprint density at radius 1 is 0.897 bits per heavy atom. The minimum atomic E-state index is -0.277. The van der Waals surface area contributed by atoms with Gasteiger partial charge in [-0.3, -0.25) is 9.78 Å². The molecule has 5 rings (SSSR count). The van der Waals surface area contributed by atoms with E-state index in [0.29, 0.717) is 11.4 Å². The average Bonchev–Trinajstić information content (AvgIpc) is 2.92. The van der Waals surface area contributed by atoms with Gasteiger partial charge >= 0.3 is 0 Å². The molecule has 1 aliphatic heterocycles. The van der Waals surface area contributed by atoms with Crippen LogP contribution in [0.25, 0.3) is 0 Å². The van der Waals surface area contributed by atoms with Crippen molar-refractivity contribution in [2.24, 2.45) is 0 Å². The van der Waals surface area contributed by atoms with Crippen molar-refractivity contribution in [2.45, 2.75) is 24.8 Å². The first-order chi connectivity index (χ1) is 14.2. The second-order valence-corrected chi connectivity index (χ2v) is 7.91. The standard InChI is InChI=1S/C24H20ClN3O/c25-17-10-8-15(9-11-17)16-13-21-23(22(29)14-16)24(20-7-3-4-12-26-20)28-19-6-2-1-5-18(19)27-21/h1-12,16,24,27-28H,13-14H2/t16-,24-/m1/s1. The quantitative estimate of drug-likeness (QED) is 0.577. The predicted octanol–water partition coefficient (Wildman–Crippen LogP) is 5.71. The SMILES string of the molecule is O=C1C[C@H](c2ccc(Cl)cc2)CC2=C1[C@@H](c1ccccn1)Nc1ccccc1N2. The van der Waals surface area contributed by atoms with Crippen LogP contribution in [0.2, 0.25) is 5.02 Å². The highest BCUT2D eigenvalue weighted by Crippen LogP contribution is 2.43. The molecule has 4 nitrogen and oxygen atoms in total. The molecule has 1 aromatic heterocycles. The Labute approximate surface area is 174 Å². The molecule has 5 heteroatoms. The number of ketones is 1. The third kappa shape index (κ3) is 3.40. The Morgan fingerprint density at radius 2 is 1.66 bits per heavy atom. The molecule has 0 saturated heterocycles. The molecule has 0 radical (unpaired) electrons. The van der Waals surface area contributed by atoms with Gasteiger partial charge in [-0.05, 0) is 54.3 Å². The fourth-order valence-electron chi connectivity index (χ4n) is 4.23. The van der Waals surface area contributed by atoms with E-state index in [1.54, 1.807) is 6.20 Å². The Kier molecular flexibility index (Phi) is 4.57. The molecule has 144 valence electrons. The zero-order valence-electron chi connectivity index (χ0n) is 15.7. The number of fused-ring (bicyclic) bond motifs is 1. The van der Waals surface area contributed by atoms with Gasteiger partial charge in [-0.25, -0.2) is 0 Å². The van der Waals surface area contributed by atoms with Gasteiger partial charge in [-0.2, -0.15) is 0 Å². The van der Waals surface area contributed by atoms with Crippen molar-refractivity contribution < 1.29 is 4.79 Å². The van der Waals surface area contributed by atoms with Gasteiger partial charge in [0, 0.05) is 28.9 Å². The van der Waals surface area contributed by atoms with Gasteiger partial charge < -0.3 is 10.6 Å². The van der Waals surface area contributed by atoms with Gasteiger partial charge in [0.15, 0.2) is 5.78 Å².